The molecule has 1 heterocycles. The highest BCUT2D eigenvalue weighted by Crippen LogP contribution is 2.24. The molecule has 0 saturated heterocycles. The molecule has 21 heavy (non-hydrogen) atoms. The molecule has 2 aromatic carbocycles. The summed E-state index contributed by atoms with van der Waals surface area (Å²) >= 11 is 6.11. The molecule has 1 aliphatic rings. The van der Waals surface area contributed by atoms with Gasteiger partial charge < -0.3 is 10.6 Å². The van der Waals surface area contributed by atoms with Crippen LogP contribution in [-0.2, 0) is 13.0 Å². The van der Waals surface area contributed by atoms with E-state index >= 15 is 0 Å². The quantitative estimate of drug-likeness (QED) is 0.820. The minimum absolute atomic E-state index is 0.0185. The minimum atomic E-state index is 0.0185. The second kappa shape index (κ2) is 5.41. The number of benzene rings is 2. The summed E-state index contributed by atoms with van der Waals surface area (Å²) in [5, 5.41) is 0.627. The Kier molecular flexibility index (Phi) is 3.60. The maximum atomic E-state index is 12.6. The van der Waals surface area contributed by atoms with Crippen LogP contribution in [0.25, 0.3) is 0 Å². The molecule has 1 amide bonds. The topological polar surface area (TPSA) is 46.3 Å². The van der Waals surface area contributed by atoms with Crippen molar-refractivity contribution in [3.05, 3.63) is 63.7 Å². The zero-order valence-corrected chi connectivity index (χ0v) is 12.7. The van der Waals surface area contributed by atoms with Crippen LogP contribution in [0.2, 0.25) is 5.02 Å². The van der Waals surface area contributed by atoms with Gasteiger partial charge >= 0.3 is 0 Å². The van der Waals surface area contributed by atoms with Gasteiger partial charge in [-0.15, -0.1) is 0 Å². The molecular formula is C17H17ClN2O. The SMILES string of the molecule is Cc1ccc(C(=O)N2CCc3ccc(N)cc3C2)cc1Cl. The molecule has 0 saturated carbocycles. The van der Waals surface area contributed by atoms with Gasteiger partial charge in [0.1, 0.15) is 0 Å². The molecule has 0 atom stereocenters. The number of carbonyl (C=O) groups is 1. The van der Waals surface area contributed by atoms with Crippen molar-refractivity contribution in [1.82, 2.24) is 4.90 Å². The van der Waals surface area contributed by atoms with Crippen LogP contribution in [0, 0.1) is 6.92 Å². The zero-order chi connectivity index (χ0) is 15.0. The molecule has 0 aliphatic carbocycles. The lowest BCUT2D eigenvalue weighted by Gasteiger charge is -2.29. The second-order valence-corrected chi connectivity index (χ2v) is 5.88. The van der Waals surface area contributed by atoms with Crippen molar-refractivity contribution in [2.75, 3.05) is 12.3 Å². The fourth-order valence-corrected chi connectivity index (χ4v) is 2.84. The van der Waals surface area contributed by atoms with Crippen molar-refractivity contribution in [1.29, 1.82) is 0 Å². The lowest BCUT2D eigenvalue weighted by molar-refractivity contribution is 0.0735. The van der Waals surface area contributed by atoms with Gasteiger partial charge in [-0.25, -0.2) is 0 Å². The van der Waals surface area contributed by atoms with Crippen molar-refractivity contribution < 1.29 is 4.79 Å². The Bertz CT molecular complexity index is 712. The average molecular weight is 301 g/mol. The molecular weight excluding hydrogens is 284 g/mol. The number of hydrogen-bond donors (Lipinski definition) is 1. The number of nitrogens with two attached hydrogens (primary N) is 1. The number of anilines is 1. The fourth-order valence-electron chi connectivity index (χ4n) is 2.66. The number of hydrogen-bond acceptors (Lipinski definition) is 2. The van der Waals surface area contributed by atoms with Gasteiger partial charge in [0.2, 0.25) is 0 Å². The van der Waals surface area contributed by atoms with Gasteiger partial charge in [-0.3, -0.25) is 4.79 Å². The van der Waals surface area contributed by atoms with Gasteiger partial charge in [0.05, 0.1) is 0 Å². The van der Waals surface area contributed by atoms with Crippen LogP contribution in [0.3, 0.4) is 0 Å². The first-order chi connectivity index (χ1) is 10.0. The molecule has 0 fully saturated rings. The maximum absolute atomic E-state index is 12.6. The van der Waals surface area contributed by atoms with E-state index in [-0.39, 0.29) is 5.91 Å². The Labute approximate surface area is 129 Å². The zero-order valence-electron chi connectivity index (χ0n) is 11.9. The number of fused-ring (bicyclic) bond motifs is 1. The monoisotopic (exact) mass is 300 g/mol. The van der Waals surface area contributed by atoms with Gasteiger partial charge in [0, 0.05) is 29.4 Å². The first-order valence-corrected chi connectivity index (χ1v) is 7.35. The predicted molar refractivity (Wildman–Crippen MR) is 85.5 cm³/mol. The van der Waals surface area contributed by atoms with Crippen LogP contribution in [0.15, 0.2) is 36.4 Å². The highest BCUT2D eigenvalue weighted by molar-refractivity contribution is 6.31. The first-order valence-electron chi connectivity index (χ1n) is 6.97. The van der Waals surface area contributed by atoms with Crippen molar-refractivity contribution in [2.45, 2.75) is 19.9 Å². The highest BCUT2D eigenvalue weighted by atomic mass is 35.5. The lowest BCUT2D eigenvalue weighted by atomic mass is 9.98. The van der Waals surface area contributed by atoms with E-state index < -0.39 is 0 Å². The van der Waals surface area contributed by atoms with E-state index in [1.54, 1.807) is 6.07 Å². The van der Waals surface area contributed by atoms with Crippen LogP contribution < -0.4 is 5.73 Å². The molecule has 4 heteroatoms. The minimum Gasteiger partial charge on any atom is -0.399 e. The van der Waals surface area contributed by atoms with Gasteiger partial charge in [-0.2, -0.15) is 0 Å². The van der Waals surface area contributed by atoms with E-state index in [9.17, 15) is 4.79 Å². The van der Waals surface area contributed by atoms with Crippen LogP contribution >= 0.6 is 11.6 Å². The van der Waals surface area contributed by atoms with Gasteiger partial charge in [-0.1, -0.05) is 23.7 Å². The number of carbonyl (C=O) groups excluding carboxylic acids is 1. The Balaban J connectivity index is 1.85. The fraction of sp³-hybridized carbons (Fsp3) is 0.235. The first kappa shape index (κ1) is 14.0. The summed E-state index contributed by atoms with van der Waals surface area (Å²) in [5.41, 5.74) is 10.6. The molecule has 108 valence electrons. The Hall–Kier alpha value is -2.00. The van der Waals surface area contributed by atoms with Crippen molar-refractivity contribution in [2.24, 2.45) is 0 Å². The summed E-state index contributed by atoms with van der Waals surface area (Å²) in [5.74, 6) is 0.0185. The molecule has 3 nitrogen and oxygen atoms in total. The largest absolute Gasteiger partial charge is 0.399 e. The predicted octanol–water partition coefficient (Wildman–Crippen LogP) is 3.43. The van der Waals surface area contributed by atoms with Gasteiger partial charge in [0.15, 0.2) is 0 Å². The number of rotatable bonds is 1. The molecule has 2 N–H and O–H groups in total. The summed E-state index contributed by atoms with van der Waals surface area (Å²) in [6.07, 6.45) is 0.862. The Morgan fingerprint density at radius 1 is 1.19 bits per heavy atom. The van der Waals surface area contributed by atoms with Crippen LogP contribution in [-0.4, -0.2) is 17.4 Å². The summed E-state index contributed by atoms with van der Waals surface area (Å²) < 4.78 is 0. The van der Waals surface area contributed by atoms with E-state index in [0.29, 0.717) is 17.1 Å². The summed E-state index contributed by atoms with van der Waals surface area (Å²) in [7, 11) is 0. The third-order valence-electron chi connectivity index (χ3n) is 3.95. The molecule has 2 aromatic rings. The Morgan fingerprint density at radius 2 is 2.00 bits per heavy atom. The Morgan fingerprint density at radius 3 is 2.76 bits per heavy atom. The number of amides is 1. The van der Waals surface area contributed by atoms with Crippen molar-refractivity contribution >= 4 is 23.2 Å². The highest BCUT2D eigenvalue weighted by Gasteiger charge is 2.22. The normalized spacial score (nSPS) is 13.9. The molecule has 0 spiro atoms. The summed E-state index contributed by atoms with van der Waals surface area (Å²) in [4.78, 5) is 14.4. The molecule has 0 radical (unpaired) electrons. The van der Waals surface area contributed by atoms with E-state index in [0.717, 1.165) is 29.8 Å². The molecule has 0 bridgehead atoms. The second-order valence-electron chi connectivity index (χ2n) is 5.47. The molecule has 0 aromatic heterocycles. The summed E-state index contributed by atoms with van der Waals surface area (Å²) in [6, 6.07) is 11.4. The number of nitrogen functional groups attached to an aromatic ring is 1. The van der Waals surface area contributed by atoms with Gasteiger partial charge in [-0.05, 0) is 54.3 Å². The lowest BCUT2D eigenvalue weighted by Crippen LogP contribution is -2.36. The number of nitrogens with zero attached hydrogens (tertiary/aromatic N) is 1. The summed E-state index contributed by atoms with van der Waals surface area (Å²) in [6.45, 7) is 3.25. The van der Waals surface area contributed by atoms with Crippen molar-refractivity contribution in [3.8, 4) is 0 Å². The van der Waals surface area contributed by atoms with Crippen molar-refractivity contribution in [3.63, 3.8) is 0 Å². The third kappa shape index (κ3) is 2.74. The van der Waals surface area contributed by atoms with Crippen LogP contribution in [0.5, 0.6) is 0 Å². The van der Waals surface area contributed by atoms with Crippen LogP contribution in [0.1, 0.15) is 27.0 Å². The van der Waals surface area contributed by atoms with E-state index in [2.05, 4.69) is 6.07 Å². The standard InChI is InChI=1S/C17H17ClN2O/c1-11-2-3-13(9-16(11)18)17(21)20-7-6-12-4-5-15(19)8-14(12)10-20/h2-5,8-9H,6-7,10,19H2,1H3. The molecule has 3 rings (SSSR count). The maximum Gasteiger partial charge on any atom is 0.254 e. The van der Waals surface area contributed by atoms with Crippen LogP contribution in [0.4, 0.5) is 5.69 Å². The average Bonchev–Trinajstić information content (AvgIpc) is 2.48. The molecule has 0 unspecified atom stereocenters. The van der Waals surface area contributed by atoms with Gasteiger partial charge in [0.25, 0.3) is 5.91 Å². The molecule has 1 aliphatic heterocycles. The smallest absolute Gasteiger partial charge is 0.254 e. The van der Waals surface area contributed by atoms with E-state index in [4.69, 9.17) is 17.3 Å². The van der Waals surface area contributed by atoms with E-state index in [1.807, 2.05) is 36.1 Å². The van der Waals surface area contributed by atoms with E-state index in [1.165, 1.54) is 5.56 Å². The third-order valence-corrected chi connectivity index (χ3v) is 4.36. The number of aryl methyl sites for hydroxylation is 1. The number of halogens is 1.